The number of ether oxygens (including phenoxy) is 1. The van der Waals surface area contributed by atoms with E-state index in [0.717, 1.165) is 53.3 Å². The van der Waals surface area contributed by atoms with Crippen LogP contribution in [0.3, 0.4) is 0 Å². The molecule has 0 radical (unpaired) electrons. The second-order valence-corrected chi connectivity index (χ2v) is 7.88. The van der Waals surface area contributed by atoms with Crippen LogP contribution in [0.1, 0.15) is 26.2 Å². The number of nitrogens with zero attached hydrogens (tertiary/aromatic N) is 3. The van der Waals surface area contributed by atoms with Crippen LogP contribution >= 0.6 is 11.8 Å². The van der Waals surface area contributed by atoms with E-state index in [4.69, 9.17) is 4.74 Å². The average Bonchev–Trinajstić information content (AvgIpc) is 3.45. The number of para-hydroxylation sites is 1. The number of nitrogens with one attached hydrogen (secondary N) is 2. The maximum atomic E-state index is 12.0. The summed E-state index contributed by atoms with van der Waals surface area (Å²) in [5.74, 6) is 1.16. The van der Waals surface area contributed by atoms with Gasteiger partial charge in [-0.3, -0.25) is 9.36 Å². The van der Waals surface area contributed by atoms with Crippen LogP contribution < -0.4 is 5.32 Å². The smallest absolute Gasteiger partial charge is 0.230 e. The van der Waals surface area contributed by atoms with Gasteiger partial charge in [-0.05, 0) is 25.3 Å². The van der Waals surface area contributed by atoms with Crippen LogP contribution in [0.4, 0.5) is 0 Å². The molecule has 2 N–H and O–H groups in total. The normalized spacial score (nSPS) is 16.7. The zero-order valence-electron chi connectivity index (χ0n) is 16.0. The number of benzene rings is 1. The molecule has 1 aliphatic heterocycles. The zero-order valence-corrected chi connectivity index (χ0v) is 16.8. The van der Waals surface area contributed by atoms with Crippen molar-refractivity contribution in [1.82, 2.24) is 25.1 Å². The first-order chi connectivity index (χ1) is 13.8. The van der Waals surface area contributed by atoms with E-state index in [2.05, 4.69) is 31.1 Å². The fourth-order valence-electron chi connectivity index (χ4n) is 3.45. The lowest BCUT2D eigenvalue weighted by Crippen LogP contribution is -2.26. The van der Waals surface area contributed by atoms with Gasteiger partial charge in [-0.15, -0.1) is 10.2 Å². The monoisotopic (exact) mass is 399 g/mol. The van der Waals surface area contributed by atoms with Gasteiger partial charge in [0.1, 0.15) is 0 Å². The molecule has 7 nitrogen and oxygen atoms in total. The largest absolute Gasteiger partial charge is 0.376 e. The van der Waals surface area contributed by atoms with Crippen molar-refractivity contribution < 1.29 is 9.53 Å². The third-order valence-electron chi connectivity index (χ3n) is 4.86. The highest BCUT2D eigenvalue weighted by molar-refractivity contribution is 7.99. The van der Waals surface area contributed by atoms with E-state index in [-0.39, 0.29) is 12.0 Å². The third-order valence-corrected chi connectivity index (χ3v) is 5.83. The number of hydrogen-bond acceptors (Lipinski definition) is 5. The van der Waals surface area contributed by atoms with Gasteiger partial charge in [-0.1, -0.05) is 36.9 Å². The van der Waals surface area contributed by atoms with Crippen molar-refractivity contribution in [3.05, 3.63) is 30.5 Å². The Morgan fingerprint density at radius 2 is 2.29 bits per heavy atom. The first-order valence-corrected chi connectivity index (χ1v) is 10.8. The molecule has 1 fully saturated rings. The minimum absolute atomic E-state index is 0.0205. The Morgan fingerprint density at radius 3 is 3.11 bits per heavy atom. The van der Waals surface area contributed by atoms with E-state index < -0.39 is 0 Å². The van der Waals surface area contributed by atoms with Gasteiger partial charge in [0, 0.05) is 35.8 Å². The van der Waals surface area contributed by atoms with Gasteiger partial charge >= 0.3 is 0 Å². The predicted octanol–water partition coefficient (Wildman–Crippen LogP) is 3.22. The molecule has 1 atom stereocenters. The quantitative estimate of drug-likeness (QED) is 0.568. The number of amides is 1. The summed E-state index contributed by atoms with van der Waals surface area (Å²) in [5.41, 5.74) is 2.08. The number of carbonyl (C=O) groups excluding carboxylic acids is 1. The molecule has 1 aromatic carbocycles. The van der Waals surface area contributed by atoms with Gasteiger partial charge in [0.25, 0.3) is 0 Å². The molecule has 4 rings (SSSR count). The number of aromatic nitrogens is 4. The number of H-pyrrole nitrogens is 1. The Labute approximate surface area is 168 Å². The molecule has 1 unspecified atom stereocenters. The number of carbonyl (C=O) groups is 1. The number of fused-ring (bicyclic) bond motifs is 1. The number of rotatable bonds is 8. The molecule has 3 heterocycles. The van der Waals surface area contributed by atoms with Crippen LogP contribution in [0.5, 0.6) is 0 Å². The second kappa shape index (κ2) is 8.79. The van der Waals surface area contributed by atoms with Gasteiger partial charge in [-0.2, -0.15) is 0 Å². The highest BCUT2D eigenvalue weighted by Crippen LogP contribution is 2.31. The molecule has 8 heteroatoms. The Morgan fingerprint density at radius 1 is 1.39 bits per heavy atom. The standard InChI is InChI=1S/C20H25N5O2S/c1-2-9-21-18(26)13-28-20-24-23-19(25(20)12-14-6-5-10-27-14)16-11-22-17-8-4-3-7-15(16)17/h3-4,7-8,11,14,22H,2,5-6,9-10,12-13H2,1H3,(H,21,26). The third kappa shape index (κ3) is 4.07. The van der Waals surface area contributed by atoms with Crippen LogP contribution in [0.2, 0.25) is 0 Å². The highest BCUT2D eigenvalue weighted by atomic mass is 32.2. The molecule has 148 valence electrons. The molecule has 1 saturated heterocycles. The molecule has 3 aromatic rings. The van der Waals surface area contributed by atoms with Crippen molar-refractivity contribution in [2.75, 3.05) is 18.9 Å². The van der Waals surface area contributed by atoms with E-state index in [1.165, 1.54) is 11.8 Å². The molecule has 2 aromatic heterocycles. The van der Waals surface area contributed by atoms with E-state index in [0.29, 0.717) is 18.8 Å². The van der Waals surface area contributed by atoms with Gasteiger partial charge in [0.05, 0.1) is 18.4 Å². The lowest BCUT2D eigenvalue weighted by molar-refractivity contribution is -0.118. The van der Waals surface area contributed by atoms with E-state index >= 15 is 0 Å². The Hall–Kier alpha value is -2.32. The number of aromatic amines is 1. The van der Waals surface area contributed by atoms with Crippen LogP contribution in [0.25, 0.3) is 22.3 Å². The van der Waals surface area contributed by atoms with Gasteiger partial charge in [0.2, 0.25) is 5.91 Å². The minimum atomic E-state index is 0.0205. The van der Waals surface area contributed by atoms with Crippen LogP contribution in [-0.4, -0.2) is 50.7 Å². The van der Waals surface area contributed by atoms with Crippen molar-refractivity contribution in [1.29, 1.82) is 0 Å². The molecule has 0 aliphatic carbocycles. The summed E-state index contributed by atoms with van der Waals surface area (Å²) in [6.07, 6.45) is 5.18. The molecule has 1 amide bonds. The zero-order chi connectivity index (χ0) is 19.3. The Bertz CT molecular complexity index is 945. The maximum absolute atomic E-state index is 12.0. The summed E-state index contributed by atoms with van der Waals surface area (Å²) >= 11 is 1.42. The lowest BCUT2D eigenvalue weighted by Gasteiger charge is -2.14. The molecule has 0 bridgehead atoms. The first kappa shape index (κ1) is 19.0. The van der Waals surface area contributed by atoms with Crippen molar-refractivity contribution in [2.45, 2.75) is 44.0 Å². The molecule has 0 spiro atoms. The molecular formula is C20H25N5O2S. The van der Waals surface area contributed by atoms with Crippen LogP contribution in [-0.2, 0) is 16.1 Å². The van der Waals surface area contributed by atoms with Crippen molar-refractivity contribution >= 4 is 28.6 Å². The van der Waals surface area contributed by atoms with Crippen LogP contribution in [0.15, 0.2) is 35.6 Å². The van der Waals surface area contributed by atoms with Crippen molar-refractivity contribution in [3.63, 3.8) is 0 Å². The number of thioether (sulfide) groups is 1. The second-order valence-electron chi connectivity index (χ2n) is 6.94. The van der Waals surface area contributed by atoms with E-state index in [1.54, 1.807) is 0 Å². The molecular weight excluding hydrogens is 374 g/mol. The van der Waals surface area contributed by atoms with E-state index in [1.807, 2.05) is 31.3 Å². The minimum Gasteiger partial charge on any atom is -0.376 e. The summed E-state index contributed by atoms with van der Waals surface area (Å²) in [5, 5.41) is 13.6. The molecule has 1 aliphatic rings. The topological polar surface area (TPSA) is 84.8 Å². The van der Waals surface area contributed by atoms with E-state index in [9.17, 15) is 4.79 Å². The van der Waals surface area contributed by atoms with Crippen LogP contribution in [0, 0.1) is 0 Å². The maximum Gasteiger partial charge on any atom is 0.230 e. The average molecular weight is 400 g/mol. The molecule has 28 heavy (non-hydrogen) atoms. The van der Waals surface area contributed by atoms with Crippen molar-refractivity contribution in [2.24, 2.45) is 0 Å². The summed E-state index contributed by atoms with van der Waals surface area (Å²) in [6, 6.07) is 8.16. The Kier molecular flexibility index (Phi) is 5.97. The number of hydrogen-bond donors (Lipinski definition) is 2. The Balaban J connectivity index is 1.62. The van der Waals surface area contributed by atoms with Gasteiger partial charge < -0.3 is 15.0 Å². The highest BCUT2D eigenvalue weighted by Gasteiger charge is 2.23. The SMILES string of the molecule is CCCNC(=O)CSc1nnc(-c2c[nH]c3ccccc23)n1CC1CCCO1. The molecule has 0 saturated carbocycles. The van der Waals surface area contributed by atoms with Gasteiger partial charge in [-0.25, -0.2) is 0 Å². The summed E-state index contributed by atoms with van der Waals surface area (Å²) < 4.78 is 7.95. The fraction of sp³-hybridized carbons (Fsp3) is 0.450. The van der Waals surface area contributed by atoms with Gasteiger partial charge in [0.15, 0.2) is 11.0 Å². The fourth-order valence-corrected chi connectivity index (χ4v) is 4.23. The summed E-state index contributed by atoms with van der Waals surface area (Å²) in [7, 11) is 0. The summed E-state index contributed by atoms with van der Waals surface area (Å²) in [6.45, 7) is 4.24. The summed E-state index contributed by atoms with van der Waals surface area (Å²) in [4.78, 5) is 15.3. The first-order valence-electron chi connectivity index (χ1n) is 9.77. The van der Waals surface area contributed by atoms with Crippen molar-refractivity contribution in [3.8, 4) is 11.4 Å². The lowest BCUT2D eigenvalue weighted by atomic mass is 10.1. The predicted molar refractivity (Wildman–Crippen MR) is 110 cm³/mol.